The van der Waals surface area contributed by atoms with E-state index in [-0.39, 0.29) is 0 Å². The van der Waals surface area contributed by atoms with Crippen molar-refractivity contribution in [1.29, 1.82) is 0 Å². The van der Waals surface area contributed by atoms with E-state index in [1.54, 1.807) is 6.07 Å². The summed E-state index contributed by atoms with van der Waals surface area (Å²) in [5.74, 6) is -1.58. The lowest BCUT2D eigenvalue weighted by Crippen LogP contribution is -1.94. The van der Waals surface area contributed by atoms with E-state index in [9.17, 15) is 8.78 Å². The second kappa shape index (κ2) is 6.52. The maximum atomic E-state index is 13.2. The molecule has 3 aromatic rings. The van der Waals surface area contributed by atoms with Crippen LogP contribution < -0.4 is 0 Å². The third-order valence-corrected chi connectivity index (χ3v) is 3.75. The molecule has 0 saturated heterocycles. The molecule has 0 atom stereocenters. The lowest BCUT2D eigenvalue weighted by molar-refractivity contribution is 0.507. The molecule has 22 heavy (non-hydrogen) atoms. The minimum Gasteiger partial charge on any atom is -0.204 e. The first kappa shape index (κ1) is 14.5. The van der Waals surface area contributed by atoms with Crippen molar-refractivity contribution < 1.29 is 8.78 Å². The fourth-order valence-corrected chi connectivity index (χ4v) is 2.48. The molecule has 0 unspecified atom stereocenters. The summed E-state index contributed by atoms with van der Waals surface area (Å²) in [4.78, 5) is 0. The van der Waals surface area contributed by atoms with Crippen molar-refractivity contribution in [2.45, 2.75) is 12.8 Å². The molecule has 110 valence electrons. The molecule has 0 nitrogen and oxygen atoms in total. The van der Waals surface area contributed by atoms with E-state index in [2.05, 4.69) is 36.4 Å². The van der Waals surface area contributed by atoms with Gasteiger partial charge in [-0.3, -0.25) is 0 Å². The van der Waals surface area contributed by atoms with Crippen LogP contribution in [0.4, 0.5) is 8.78 Å². The van der Waals surface area contributed by atoms with Gasteiger partial charge in [-0.1, -0.05) is 60.7 Å². The van der Waals surface area contributed by atoms with Gasteiger partial charge in [-0.2, -0.15) is 0 Å². The Kier molecular flexibility index (Phi) is 4.29. The van der Waals surface area contributed by atoms with Gasteiger partial charge in [0.15, 0.2) is 11.6 Å². The van der Waals surface area contributed by atoms with Crippen molar-refractivity contribution >= 4 is 0 Å². The predicted octanol–water partition coefficient (Wildman–Crippen LogP) is 5.42. The number of benzene rings is 3. The highest BCUT2D eigenvalue weighted by molar-refractivity contribution is 5.63. The van der Waals surface area contributed by atoms with Crippen molar-refractivity contribution in [2.24, 2.45) is 0 Å². The SMILES string of the molecule is Fc1ccc(CCc2ccc(-c3ccccc3)cc2)cc1F. The number of hydrogen-bond acceptors (Lipinski definition) is 0. The minimum atomic E-state index is -0.795. The Morgan fingerprint density at radius 1 is 0.545 bits per heavy atom. The van der Waals surface area contributed by atoms with Gasteiger partial charge in [0.2, 0.25) is 0 Å². The van der Waals surface area contributed by atoms with Crippen LogP contribution in [0.3, 0.4) is 0 Å². The highest BCUT2D eigenvalue weighted by atomic mass is 19.2. The average Bonchev–Trinajstić information content (AvgIpc) is 2.57. The summed E-state index contributed by atoms with van der Waals surface area (Å²) in [5.41, 5.74) is 4.36. The third-order valence-electron chi connectivity index (χ3n) is 3.75. The maximum Gasteiger partial charge on any atom is 0.159 e. The second-order valence-electron chi connectivity index (χ2n) is 5.31. The van der Waals surface area contributed by atoms with Gasteiger partial charge in [-0.25, -0.2) is 8.78 Å². The summed E-state index contributed by atoms with van der Waals surface area (Å²) in [6.45, 7) is 0. The van der Waals surface area contributed by atoms with Gasteiger partial charge in [-0.15, -0.1) is 0 Å². The molecule has 0 saturated carbocycles. The van der Waals surface area contributed by atoms with Crippen LogP contribution in [0.1, 0.15) is 11.1 Å². The molecule has 0 heterocycles. The zero-order valence-corrected chi connectivity index (χ0v) is 12.1. The summed E-state index contributed by atoms with van der Waals surface area (Å²) >= 11 is 0. The Morgan fingerprint density at radius 3 is 1.82 bits per heavy atom. The van der Waals surface area contributed by atoms with E-state index < -0.39 is 11.6 Å². The quantitative estimate of drug-likeness (QED) is 0.603. The molecule has 0 spiro atoms. The van der Waals surface area contributed by atoms with Crippen LogP contribution >= 0.6 is 0 Å². The molecule has 0 aromatic heterocycles. The number of aryl methyl sites for hydroxylation is 2. The Morgan fingerprint density at radius 2 is 1.14 bits per heavy atom. The topological polar surface area (TPSA) is 0 Å². The monoisotopic (exact) mass is 294 g/mol. The molecular formula is C20H16F2. The zero-order valence-electron chi connectivity index (χ0n) is 12.1. The van der Waals surface area contributed by atoms with E-state index in [0.29, 0.717) is 6.42 Å². The van der Waals surface area contributed by atoms with Crippen molar-refractivity contribution in [3.8, 4) is 11.1 Å². The van der Waals surface area contributed by atoms with Gasteiger partial charge in [0.05, 0.1) is 0 Å². The molecule has 0 aliphatic rings. The van der Waals surface area contributed by atoms with E-state index in [1.807, 2.05) is 18.2 Å². The van der Waals surface area contributed by atoms with Gasteiger partial charge < -0.3 is 0 Å². The van der Waals surface area contributed by atoms with E-state index in [0.717, 1.165) is 12.0 Å². The van der Waals surface area contributed by atoms with E-state index in [4.69, 9.17) is 0 Å². The van der Waals surface area contributed by atoms with E-state index in [1.165, 1.54) is 28.8 Å². The van der Waals surface area contributed by atoms with Gasteiger partial charge >= 0.3 is 0 Å². The van der Waals surface area contributed by atoms with Crippen molar-refractivity contribution in [2.75, 3.05) is 0 Å². The fourth-order valence-electron chi connectivity index (χ4n) is 2.48. The normalized spacial score (nSPS) is 10.6. The Bertz CT molecular complexity index is 746. The van der Waals surface area contributed by atoms with Crippen LogP contribution in [0.2, 0.25) is 0 Å². The first-order valence-corrected chi connectivity index (χ1v) is 7.31. The second-order valence-corrected chi connectivity index (χ2v) is 5.31. The predicted molar refractivity (Wildman–Crippen MR) is 85.6 cm³/mol. The van der Waals surface area contributed by atoms with Crippen LogP contribution in [0.25, 0.3) is 11.1 Å². The first-order chi connectivity index (χ1) is 10.7. The van der Waals surface area contributed by atoms with Crippen molar-refractivity contribution in [3.63, 3.8) is 0 Å². The number of hydrogen-bond donors (Lipinski definition) is 0. The summed E-state index contributed by atoms with van der Waals surface area (Å²) < 4.78 is 26.1. The fraction of sp³-hybridized carbons (Fsp3) is 0.100. The molecule has 0 amide bonds. The lowest BCUT2D eigenvalue weighted by Gasteiger charge is -2.05. The molecule has 0 aliphatic carbocycles. The lowest BCUT2D eigenvalue weighted by atomic mass is 10.0. The smallest absolute Gasteiger partial charge is 0.159 e. The van der Waals surface area contributed by atoms with Crippen LogP contribution in [-0.4, -0.2) is 0 Å². The molecular weight excluding hydrogens is 278 g/mol. The Hall–Kier alpha value is -2.48. The number of halogens is 2. The zero-order chi connectivity index (χ0) is 15.4. The molecule has 2 heteroatoms. The minimum absolute atomic E-state index is 0.696. The standard InChI is InChI=1S/C20H16F2/c21-19-13-10-16(14-20(19)22)7-6-15-8-11-18(12-9-15)17-4-2-1-3-5-17/h1-5,8-14H,6-7H2. The molecule has 0 aliphatic heterocycles. The molecule has 0 N–H and O–H groups in total. The summed E-state index contributed by atoms with van der Waals surface area (Å²) in [5, 5.41) is 0. The highest BCUT2D eigenvalue weighted by Gasteiger charge is 2.03. The molecule has 0 radical (unpaired) electrons. The summed E-state index contributed by atoms with van der Waals surface area (Å²) in [6.07, 6.45) is 1.50. The highest BCUT2D eigenvalue weighted by Crippen LogP contribution is 2.20. The van der Waals surface area contributed by atoms with Crippen LogP contribution in [0.5, 0.6) is 0 Å². The van der Waals surface area contributed by atoms with Gasteiger partial charge in [0.1, 0.15) is 0 Å². The Labute approximate surface area is 129 Å². The maximum absolute atomic E-state index is 13.2. The third kappa shape index (κ3) is 3.40. The molecule has 0 fully saturated rings. The summed E-state index contributed by atoms with van der Waals surface area (Å²) in [6, 6.07) is 22.6. The van der Waals surface area contributed by atoms with Crippen LogP contribution in [0, 0.1) is 11.6 Å². The Balaban J connectivity index is 1.67. The largest absolute Gasteiger partial charge is 0.204 e. The van der Waals surface area contributed by atoms with Crippen LogP contribution in [-0.2, 0) is 12.8 Å². The van der Waals surface area contributed by atoms with E-state index >= 15 is 0 Å². The van der Waals surface area contributed by atoms with Gasteiger partial charge in [0.25, 0.3) is 0 Å². The average molecular weight is 294 g/mol. The molecule has 0 bridgehead atoms. The van der Waals surface area contributed by atoms with Crippen molar-refractivity contribution in [3.05, 3.63) is 95.6 Å². The van der Waals surface area contributed by atoms with Gasteiger partial charge in [-0.05, 0) is 47.2 Å². The first-order valence-electron chi connectivity index (χ1n) is 7.31. The summed E-state index contributed by atoms with van der Waals surface area (Å²) in [7, 11) is 0. The van der Waals surface area contributed by atoms with Crippen LogP contribution in [0.15, 0.2) is 72.8 Å². The number of rotatable bonds is 4. The molecule has 3 rings (SSSR count). The molecule has 3 aromatic carbocycles. The van der Waals surface area contributed by atoms with Gasteiger partial charge in [0, 0.05) is 0 Å². The van der Waals surface area contributed by atoms with Crippen molar-refractivity contribution in [1.82, 2.24) is 0 Å².